The lowest BCUT2D eigenvalue weighted by Crippen LogP contribution is -2.40. The zero-order valence-corrected chi connectivity index (χ0v) is 16.2. The van der Waals surface area contributed by atoms with Gasteiger partial charge in [-0.05, 0) is 44.0 Å². The molecule has 1 aromatic heterocycles. The van der Waals surface area contributed by atoms with Crippen molar-refractivity contribution in [2.75, 3.05) is 13.1 Å². The number of aliphatic hydroxyl groups is 1. The molecule has 0 bridgehead atoms. The number of aliphatic imine (C=N–C) groups is 1. The number of benzene rings is 1. The number of rotatable bonds is 7. The summed E-state index contributed by atoms with van der Waals surface area (Å²) in [5.41, 5.74) is -0.775. The summed E-state index contributed by atoms with van der Waals surface area (Å²) in [6, 6.07) is 9.43. The second kappa shape index (κ2) is 8.36. The van der Waals surface area contributed by atoms with Gasteiger partial charge in [0, 0.05) is 18.5 Å². The maximum absolute atomic E-state index is 12.6. The summed E-state index contributed by atoms with van der Waals surface area (Å²) < 4.78 is 47.3. The first-order chi connectivity index (χ1) is 13.7. The highest BCUT2D eigenvalue weighted by Crippen LogP contribution is 2.45. The first-order valence-corrected chi connectivity index (χ1v) is 9.35. The molecule has 0 spiro atoms. The van der Waals surface area contributed by atoms with Gasteiger partial charge in [0.2, 0.25) is 0 Å². The van der Waals surface area contributed by atoms with Crippen LogP contribution in [0.15, 0.2) is 52.1 Å². The molecule has 1 heterocycles. The molecule has 2 aromatic rings. The molecule has 158 valence electrons. The molecule has 1 aliphatic rings. The molecule has 0 radical (unpaired) electrons. The fourth-order valence-corrected chi connectivity index (χ4v) is 3.09. The average Bonchev–Trinajstić information content (AvgIpc) is 3.15. The van der Waals surface area contributed by atoms with Crippen molar-refractivity contribution < 1.29 is 27.4 Å². The number of ether oxygens (including phenoxy) is 1. The topological polar surface area (TPSA) is 79.0 Å². The van der Waals surface area contributed by atoms with Crippen molar-refractivity contribution in [3.8, 4) is 5.75 Å². The highest BCUT2D eigenvalue weighted by molar-refractivity contribution is 5.80. The monoisotopic (exact) mass is 411 g/mol. The third kappa shape index (κ3) is 5.66. The van der Waals surface area contributed by atoms with E-state index in [0.717, 1.165) is 0 Å². The largest absolute Gasteiger partial charge is 0.573 e. The van der Waals surface area contributed by atoms with Crippen LogP contribution in [-0.4, -0.2) is 36.6 Å². The molecule has 1 aliphatic carbocycles. The second-order valence-corrected chi connectivity index (χ2v) is 7.12. The summed E-state index contributed by atoms with van der Waals surface area (Å²) in [6.45, 7) is 4.16. The number of alkyl halides is 3. The van der Waals surface area contributed by atoms with E-state index in [1.54, 1.807) is 31.2 Å². The fraction of sp³-hybridized carbons (Fsp3) is 0.450. The van der Waals surface area contributed by atoms with E-state index in [1.807, 2.05) is 6.92 Å². The molecule has 6 nitrogen and oxygen atoms in total. The molecule has 0 aliphatic heterocycles. The van der Waals surface area contributed by atoms with Gasteiger partial charge in [-0.2, -0.15) is 0 Å². The Labute approximate surface area is 166 Å². The smallest absolute Gasteiger partial charge is 0.466 e. The lowest BCUT2D eigenvalue weighted by atomic mass is 10.0. The maximum Gasteiger partial charge on any atom is 0.573 e. The van der Waals surface area contributed by atoms with Gasteiger partial charge in [0.25, 0.3) is 0 Å². The van der Waals surface area contributed by atoms with E-state index >= 15 is 0 Å². The quantitative estimate of drug-likeness (QED) is 0.480. The minimum absolute atomic E-state index is 0.0566. The van der Waals surface area contributed by atoms with Gasteiger partial charge < -0.3 is 24.9 Å². The van der Waals surface area contributed by atoms with Gasteiger partial charge in [-0.25, -0.2) is 4.99 Å². The number of nitrogens with zero attached hydrogens (tertiary/aromatic N) is 1. The molecule has 1 saturated carbocycles. The van der Waals surface area contributed by atoms with E-state index in [0.29, 0.717) is 30.2 Å². The first-order valence-electron chi connectivity index (χ1n) is 9.35. The minimum Gasteiger partial charge on any atom is -0.466 e. The Balaban J connectivity index is 1.66. The fourth-order valence-electron chi connectivity index (χ4n) is 3.09. The van der Waals surface area contributed by atoms with E-state index in [4.69, 9.17) is 4.42 Å². The summed E-state index contributed by atoms with van der Waals surface area (Å²) in [4.78, 5) is 4.40. The third-order valence-corrected chi connectivity index (χ3v) is 4.60. The summed E-state index contributed by atoms with van der Waals surface area (Å²) >= 11 is 0. The van der Waals surface area contributed by atoms with Crippen LogP contribution in [0.25, 0.3) is 0 Å². The predicted octanol–water partition coefficient (Wildman–Crippen LogP) is 3.50. The maximum atomic E-state index is 12.6. The lowest BCUT2D eigenvalue weighted by molar-refractivity contribution is -0.274. The summed E-state index contributed by atoms with van der Waals surface area (Å²) in [5.74, 6) is 0.570. The zero-order chi connectivity index (χ0) is 21.1. The van der Waals surface area contributed by atoms with Crippen molar-refractivity contribution in [1.29, 1.82) is 0 Å². The van der Waals surface area contributed by atoms with E-state index in [1.165, 1.54) is 18.4 Å². The van der Waals surface area contributed by atoms with Gasteiger partial charge >= 0.3 is 6.36 Å². The number of para-hydroxylation sites is 1. The number of furan rings is 1. The molecule has 3 N–H and O–H groups in total. The molecule has 9 heteroatoms. The van der Waals surface area contributed by atoms with Crippen LogP contribution < -0.4 is 15.4 Å². The molecule has 3 unspecified atom stereocenters. The van der Waals surface area contributed by atoms with E-state index in [9.17, 15) is 18.3 Å². The first kappa shape index (κ1) is 21.0. The molecule has 0 amide bonds. The van der Waals surface area contributed by atoms with E-state index in [2.05, 4.69) is 20.4 Å². The lowest BCUT2D eigenvalue weighted by Gasteiger charge is -2.19. The predicted molar refractivity (Wildman–Crippen MR) is 102 cm³/mol. The molecular formula is C20H24F3N3O3. The Morgan fingerprint density at radius 3 is 2.69 bits per heavy atom. The highest BCUT2D eigenvalue weighted by Gasteiger charge is 2.42. The Hall–Kier alpha value is -2.68. The van der Waals surface area contributed by atoms with Gasteiger partial charge in [-0.1, -0.05) is 18.2 Å². The van der Waals surface area contributed by atoms with Crippen LogP contribution in [0.5, 0.6) is 5.75 Å². The Kier molecular flexibility index (Phi) is 6.07. The second-order valence-electron chi connectivity index (χ2n) is 7.12. The van der Waals surface area contributed by atoms with Crippen molar-refractivity contribution in [3.05, 3.63) is 54.0 Å². The van der Waals surface area contributed by atoms with Gasteiger partial charge in [-0.3, -0.25) is 0 Å². The molecule has 1 fully saturated rings. The van der Waals surface area contributed by atoms with Crippen LogP contribution in [0.3, 0.4) is 0 Å². The number of nitrogens with one attached hydrogen (secondary N) is 2. The SMILES string of the molecule is CCNC(=NCC(C)(O)c1ccco1)NC1CC1c1ccccc1OC(F)(F)F. The minimum atomic E-state index is -4.73. The van der Waals surface area contributed by atoms with Crippen molar-refractivity contribution >= 4 is 5.96 Å². The molecule has 3 atom stereocenters. The van der Waals surface area contributed by atoms with Crippen LogP contribution in [-0.2, 0) is 5.60 Å². The Morgan fingerprint density at radius 1 is 1.28 bits per heavy atom. The van der Waals surface area contributed by atoms with Crippen LogP contribution >= 0.6 is 0 Å². The normalized spacial score (nSPS) is 21.4. The Morgan fingerprint density at radius 2 is 2.03 bits per heavy atom. The van der Waals surface area contributed by atoms with Gasteiger partial charge in [0.1, 0.15) is 17.1 Å². The zero-order valence-electron chi connectivity index (χ0n) is 16.2. The standard InChI is InChI=1S/C20H24F3N3O3/c1-3-24-18(25-12-19(2,27)17-9-6-10-28-17)26-15-11-14(15)13-7-4-5-8-16(13)29-20(21,22)23/h4-10,14-15,27H,3,11-12H2,1-2H3,(H2,24,25,26). The number of hydrogen-bond donors (Lipinski definition) is 3. The Bertz CT molecular complexity index is 835. The summed E-state index contributed by atoms with van der Waals surface area (Å²) in [6.07, 6.45) is -2.61. The van der Waals surface area contributed by atoms with Crippen LogP contribution in [0.1, 0.15) is 37.5 Å². The van der Waals surface area contributed by atoms with E-state index < -0.39 is 12.0 Å². The van der Waals surface area contributed by atoms with Crippen LogP contribution in [0, 0.1) is 0 Å². The number of guanidine groups is 1. The summed E-state index contributed by atoms with van der Waals surface area (Å²) in [7, 11) is 0. The van der Waals surface area contributed by atoms with Crippen LogP contribution in [0.2, 0.25) is 0 Å². The molecule has 0 saturated heterocycles. The molecular weight excluding hydrogens is 387 g/mol. The summed E-state index contributed by atoms with van der Waals surface area (Å²) in [5, 5.41) is 16.8. The third-order valence-electron chi connectivity index (χ3n) is 4.60. The van der Waals surface area contributed by atoms with Crippen LogP contribution in [0.4, 0.5) is 13.2 Å². The van der Waals surface area contributed by atoms with Crippen molar-refractivity contribution in [3.63, 3.8) is 0 Å². The van der Waals surface area contributed by atoms with E-state index in [-0.39, 0.29) is 24.3 Å². The van der Waals surface area contributed by atoms with Crippen molar-refractivity contribution in [2.24, 2.45) is 4.99 Å². The van der Waals surface area contributed by atoms with Gasteiger partial charge in [-0.15, -0.1) is 13.2 Å². The number of halogens is 3. The average molecular weight is 411 g/mol. The molecule has 3 rings (SSSR count). The molecule has 1 aromatic carbocycles. The molecule has 29 heavy (non-hydrogen) atoms. The van der Waals surface area contributed by atoms with Gasteiger partial charge in [0.15, 0.2) is 5.96 Å². The van der Waals surface area contributed by atoms with Crippen molar-refractivity contribution in [2.45, 2.75) is 44.2 Å². The number of hydrogen-bond acceptors (Lipinski definition) is 4. The van der Waals surface area contributed by atoms with Crippen molar-refractivity contribution in [1.82, 2.24) is 10.6 Å². The van der Waals surface area contributed by atoms with Gasteiger partial charge in [0.05, 0.1) is 12.8 Å². The highest BCUT2D eigenvalue weighted by atomic mass is 19.4.